The van der Waals surface area contributed by atoms with Crippen molar-refractivity contribution in [3.05, 3.63) is 69.8 Å². The van der Waals surface area contributed by atoms with Crippen molar-refractivity contribution < 1.29 is 41.8 Å². The number of benzene rings is 2. The number of ether oxygens (including phenoxy) is 2. The zero-order chi connectivity index (χ0) is 20.4. The number of cyclic esters (lactones) is 4. The van der Waals surface area contributed by atoms with E-state index in [1.54, 1.807) is 0 Å². The van der Waals surface area contributed by atoms with Gasteiger partial charge in [-0.3, -0.25) is 0 Å². The predicted octanol–water partition coefficient (Wildman–Crippen LogP) is 3.18. The molecule has 2 heterocycles. The molecule has 28 heavy (non-hydrogen) atoms. The van der Waals surface area contributed by atoms with Crippen LogP contribution in [0.5, 0.6) is 0 Å². The SMILES string of the molecule is CC(c1ccc2c(c1)C(=O)OC2=O)(c1ccc2c(c1)C(=O)OC2=O)C(F)(F)F. The van der Waals surface area contributed by atoms with E-state index in [4.69, 9.17) is 0 Å². The number of carbonyl (C=O) groups is 4. The van der Waals surface area contributed by atoms with Crippen molar-refractivity contribution in [1.82, 2.24) is 0 Å². The zero-order valence-corrected chi connectivity index (χ0v) is 14.0. The summed E-state index contributed by atoms with van der Waals surface area (Å²) in [6.45, 7) is 0.876. The van der Waals surface area contributed by atoms with E-state index in [1.165, 1.54) is 0 Å². The number of hydrogen-bond donors (Lipinski definition) is 0. The molecule has 2 aromatic rings. The van der Waals surface area contributed by atoms with Gasteiger partial charge in [0, 0.05) is 0 Å². The Morgan fingerprint density at radius 3 is 1.36 bits per heavy atom. The average molecular weight is 390 g/mol. The van der Waals surface area contributed by atoms with E-state index in [-0.39, 0.29) is 33.4 Å². The summed E-state index contributed by atoms with van der Waals surface area (Å²) in [4.78, 5) is 46.6. The summed E-state index contributed by atoms with van der Waals surface area (Å²) in [5, 5.41) is 0. The first-order valence-corrected chi connectivity index (χ1v) is 7.93. The summed E-state index contributed by atoms with van der Waals surface area (Å²) in [5.41, 5.74) is -4.09. The van der Waals surface area contributed by atoms with Gasteiger partial charge in [-0.2, -0.15) is 13.2 Å². The van der Waals surface area contributed by atoms with E-state index in [1.807, 2.05) is 0 Å². The van der Waals surface area contributed by atoms with Crippen molar-refractivity contribution >= 4 is 23.9 Å². The Morgan fingerprint density at radius 2 is 1.00 bits per heavy atom. The van der Waals surface area contributed by atoms with Gasteiger partial charge in [0.1, 0.15) is 5.41 Å². The molecule has 0 aromatic heterocycles. The monoisotopic (exact) mass is 390 g/mol. The topological polar surface area (TPSA) is 86.7 Å². The molecule has 2 aromatic carbocycles. The molecule has 9 heteroatoms. The van der Waals surface area contributed by atoms with Crippen molar-refractivity contribution in [3.63, 3.8) is 0 Å². The Balaban J connectivity index is 1.93. The molecule has 0 radical (unpaired) electrons. The van der Waals surface area contributed by atoms with Crippen LogP contribution in [0.2, 0.25) is 0 Å². The van der Waals surface area contributed by atoms with Crippen LogP contribution in [0.15, 0.2) is 36.4 Å². The summed E-state index contributed by atoms with van der Waals surface area (Å²) in [5.74, 6) is -3.93. The Kier molecular flexibility index (Phi) is 3.52. The first kappa shape index (κ1) is 17.9. The molecular formula is C19H9F3O6. The van der Waals surface area contributed by atoms with Crippen LogP contribution in [0, 0.1) is 0 Å². The second-order valence-corrected chi connectivity index (χ2v) is 6.50. The van der Waals surface area contributed by atoms with Crippen LogP contribution in [0.4, 0.5) is 13.2 Å². The predicted molar refractivity (Wildman–Crippen MR) is 84.9 cm³/mol. The van der Waals surface area contributed by atoms with Crippen molar-refractivity contribution in [3.8, 4) is 0 Å². The Hall–Kier alpha value is -3.49. The highest BCUT2D eigenvalue weighted by Gasteiger charge is 2.54. The smallest absolute Gasteiger partial charge is 0.386 e. The van der Waals surface area contributed by atoms with Gasteiger partial charge >= 0.3 is 30.1 Å². The number of carbonyl (C=O) groups excluding carboxylic acids is 4. The lowest BCUT2D eigenvalue weighted by Gasteiger charge is -2.33. The maximum absolute atomic E-state index is 14.2. The van der Waals surface area contributed by atoms with Gasteiger partial charge in [0.05, 0.1) is 22.3 Å². The normalized spacial score (nSPS) is 16.0. The minimum Gasteiger partial charge on any atom is -0.386 e. The number of esters is 4. The molecule has 0 amide bonds. The number of rotatable bonds is 2. The molecule has 0 bridgehead atoms. The van der Waals surface area contributed by atoms with Gasteiger partial charge in [0.15, 0.2) is 0 Å². The van der Waals surface area contributed by atoms with Crippen LogP contribution >= 0.6 is 0 Å². The zero-order valence-electron chi connectivity index (χ0n) is 14.0. The minimum absolute atomic E-state index is 0.124. The number of hydrogen-bond acceptors (Lipinski definition) is 6. The Morgan fingerprint density at radius 1 is 0.643 bits per heavy atom. The van der Waals surface area contributed by atoms with Crippen LogP contribution in [-0.4, -0.2) is 30.1 Å². The fraction of sp³-hybridized carbons (Fsp3) is 0.158. The van der Waals surface area contributed by atoms with E-state index in [2.05, 4.69) is 9.47 Å². The minimum atomic E-state index is -4.84. The standard InChI is InChI=1S/C19H9F3O6/c1-18(19(20,21)22,8-2-4-10-12(6-8)16(25)27-14(10)23)9-3-5-11-13(7-9)17(26)28-15(11)24/h2-7H,1H3. The molecule has 0 fully saturated rings. The number of fused-ring (bicyclic) bond motifs is 2. The number of halogens is 3. The van der Waals surface area contributed by atoms with Gasteiger partial charge < -0.3 is 9.47 Å². The second kappa shape index (κ2) is 5.51. The van der Waals surface area contributed by atoms with Gasteiger partial charge in [0.2, 0.25) is 0 Å². The fourth-order valence-electron chi connectivity index (χ4n) is 3.29. The lowest BCUT2D eigenvalue weighted by atomic mass is 9.74. The summed E-state index contributed by atoms with van der Waals surface area (Å²) in [7, 11) is 0. The van der Waals surface area contributed by atoms with Gasteiger partial charge in [-0.25, -0.2) is 19.2 Å². The molecule has 0 saturated carbocycles. The largest absolute Gasteiger partial charge is 0.402 e. The highest BCUT2D eigenvalue weighted by molar-refractivity contribution is 6.15. The van der Waals surface area contributed by atoms with Gasteiger partial charge in [0.25, 0.3) is 0 Å². The van der Waals surface area contributed by atoms with Crippen LogP contribution < -0.4 is 0 Å². The quantitative estimate of drug-likeness (QED) is 0.578. The van der Waals surface area contributed by atoms with E-state index in [0.717, 1.165) is 43.3 Å². The summed E-state index contributed by atoms with van der Waals surface area (Å²) >= 11 is 0. The lowest BCUT2D eigenvalue weighted by Crippen LogP contribution is -2.41. The third kappa shape index (κ3) is 2.29. The van der Waals surface area contributed by atoms with Crippen LogP contribution in [0.25, 0.3) is 0 Å². The molecule has 0 aliphatic carbocycles. The van der Waals surface area contributed by atoms with E-state index in [9.17, 15) is 32.3 Å². The average Bonchev–Trinajstić information content (AvgIpc) is 3.08. The molecule has 142 valence electrons. The van der Waals surface area contributed by atoms with E-state index >= 15 is 0 Å². The van der Waals surface area contributed by atoms with Crippen molar-refractivity contribution in [2.45, 2.75) is 18.5 Å². The summed E-state index contributed by atoms with van der Waals surface area (Å²) < 4.78 is 51.3. The first-order valence-electron chi connectivity index (χ1n) is 7.93. The number of alkyl halides is 3. The molecule has 0 N–H and O–H groups in total. The fourth-order valence-corrected chi connectivity index (χ4v) is 3.29. The molecule has 2 aliphatic heterocycles. The lowest BCUT2D eigenvalue weighted by molar-refractivity contribution is -0.173. The molecule has 0 unspecified atom stereocenters. The molecule has 0 spiro atoms. The second-order valence-electron chi connectivity index (χ2n) is 6.50. The van der Waals surface area contributed by atoms with Crippen molar-refractivity contribution in [2.75, 3.05) is 0 Å². The maximum atomic E-state index is 14.2. The summed E-state index contributed by atoms with van der Waals surface area (Å²) in [6, 6.07) is 6.23. The third-order valence-corrected chi connectivity index (χ3v) is 5.01. The third-order valence-electron chi connectivity index (χ3n) is 5.01. The van der Waals surface area contributed by atoms with Crippen molar-refractivity contribution in [2.24, 2.45) is 0 Å². The highest BCUT2D eigenvalue weighted by Crippen LogP contribution is 2.47. The molecule has 4 rings (SSSR count). The van der Waals surface area contributed by atoms with E-state index < -0.39 is 35.5 Å². The van der Waals surface area contributed by atoms with Crippen LogP contribution in [-0.2, 0) is 14.9 Å². The Bertz CT molecular complexity index is 1020. The molecule has 0 saturated heterocycles. The summed E-state index contributed by atoms with van der Waals surface area (Å²) in [6.07, 6.45) is -4.84. The van der Waals surface area contributed by atoms with Gasteiger partial charge in [-0.05, 0) is 42.3 Å². The molecule has 0 atom stereocenters. The first-order chi connectivity index (χ1) is 13.0. The molecule has 2 aliphatic rings. The van der Waals surface area contributed by atoms with E-state index in [0.29, 0.717) is 0 Å². The van der Waals surface area contributed by atoms with Gasteiger partial charge in [-0.1, -0.05) is 12.1 Å². The van der Waals surface area contributed by atoms with Crippen molar-refractivity contribution in [1.29, 1.82) is 0 Å². The van der Waals surface area contributed by atoms with Crippen LogP contribution in [0.3, 0.4) is 0 Å². The maximum Gasteiger partial charge on any atom is 0.402 e. The van der Waals surface area contributed by atoms with Gasteiger partial charge in [-0.15, -0.1) is 0 Å². The molecular weight excluding hydrogens is 381 g/mol. The molecule has 6 nitrogen and oxygen atoms in total. The Labute approximate surface area is 154 Å². The highest BCUT2D eigenvalue weighted by atomic mass is 19.4. The van der Waals surface area contributed by atoms with Crippen LogP contribution in [0.1, 0.15) is 59.5 Å².